The molecule has 0 saturated carbocycles. The zero-order valence-electron chi connectivity index (χ0n) is 13.7. The summed E-state index contributed by atoms with van der Waals surface area (Å²) >= 11 is 1.84. The van der Waals surface area contributed by atoms with Crippen molar-refractivity contribution in [2.24, 2.45) is 0 Å². The van der Waals surface area contributed by atoms with Gasteiger partial charge in [-0.2, -0.15) is 0 Å². The summed E-state index contributed by atoms with van der Waals surface area (Å²) in [7, 11) is 0. The van der Waals surface area contributed by atoms with E-state index >= 15 is 0 Å². The molecule has 1 unspecified atom stereocenters. The van der Waals surface area contributed by atoms with Crippen molar-refractivity contribution in [1.29, 1.82) is 0 Å². The maximum absolute atomic E-state index is 11.1. The molecule has 1 fully saturated rings. The lowest BCUT2D eigenvalue weighted by atomic mass is 9.97. The topological polar surface area (TPSA) is 38.3 Å². The van der Waals surface area contributed by atoms with Gasteiger partial charge >= 0.3 is 6.09 Å². The summed E-state index contributed by atoms with van der Waals surface area (Å²) in [5.74, 6) is 0. The van der Waals surface area contributed by atoms with Crippen LogP contribution in [0.1, 0.15) is 62.1 Å². The fourth-order valence-electron chi connectivity index (χ4n) is 2.58. The number of amides is 1. The van der Waals surface area contributed by atoms with Crippen LogP contribution >= 0.6 is 11.3 Å². The van der Waals surface area contributed by atoms with Gasteiger partial charge in [0, 0.05) is 9.75 Å². The Kier molecular flexibility index (Phi) is 6.49. The highest BCUT2D eigenvalue weighted by Gasteiger charge is 2.34. The molecule has 2 rings (SSSR count). The molecule has 1 aliphatic rings. The van der Waals surface area contributed by atoms with Gasteiger partial charge in [-0.15, -0.1) is 11.3 Å². The Morgan fingerprint density at radius 1 is 1.36 bits per heavy atom. The molecule has 3 nitrogen and oxygen atoms in total. The van der Waals surface area contributed by atoms with Crippen LogP contribution in [0.4, 0.5) is 4.79 Å². The Morgan fingerprint density at radius 2 is 2.23 bits per heavy atom. The van der Waals surface area contributed by atoms with Crippen LogP contribution in [0.2, 0.25) is 0 Å². The number of carbonyl (C=O) groups is 1. The van der Waals surface area contributed by atoms with Gasteiger partial charge in [-0.3, -0.25) is 0 Å². The SMILES string of the molecule is CCCCCCC=Cc1ccc(CCC2(C)COC(=O)N2)s1. The summed E-state index contributed by atoms with van der Waals surface area (Å²) in [6, 6.07) is 4.39. The number of rotatable bonds is 9. The number of allylic oxidation sites excluding steroid dienone is 1. The molecule has 4 heteroatoms. The Hall–Kier alpha value is -1.29. The Balaban J connectivity index is 1.72. The van der Waals surface area contributed by atoms with Crippen LogP contribution in [0.15, 0.2) is 18.2 Å². The van der Waals surface area contributed by atoms with Gasteiger partial charge in [0.15, 0.2) is 0 Å². The van der Waals surface area contributed by atoms with Crippen LogP contribution in [0.3, 0.4) is 0 Å². The van der Waals surface area contributed by atoms with Crippen molar-refractivity contribution in [3.63, 3.8) is 0 Å². The molecule has 1 N–H and O–H groups in total. The smallest absolute Gasteiger partial charge is 0.407 e. The molecule has 1 saturated heterocycles. The van der Waals surface area contributed by atoms with E-state index in [0.29, 0.717) is 6.61 Å². The van der Waals surface area contributed by atoms with E-state index in [1.165, 1.54) is 41.9 Å². The minimum atomic E-state index is -0.291. The van der Waals surface area contributed by atoms with E-state index in [-0.39, 0.29) is 11.6 Å². The Bertz CT molecular complexity index is 509. The molecule has 1 aliphatic heterocycles. The minimum Gasteiger partial charge on any atom is -0.447 e. The van der Waals surface area contributed by atoms with E-state index in [1.807, 2.05) is 18.3 Å². The van der Waals surface area contributed by atoms with Gasteiger partial charge in [-0.1, -0.05) is 32.3 Å². The number of thiophene rings is 1. The summed E-state index contributed by atoms with van der Waals surface area (Å²) in [5.41, 5.74) is -0.212. The Morgan fingerprint density at radius 3 is 2.95 bits per heavy atom. The second kappa shape index (κ2) is 8.37. The molecule has 2 heterocycles. The summed E-state index contributed by atoms with van der Waals surface area (Å²) < 4.78 is 5.00. The second-order valence-corrected chi connectivity index (χ2v) is 7.52. The van der Waals surface area contributed by atoms with Crippen LogP contribution in [0.5, 0.6) is 0 Å². The highest BCUT2D eigenvalue weighted by molar-refractivity contribution is 7.12. The van der Waals surface area contributed by atoms with E-state index in [1.54, 1.807) is 0 Å². The van der Waals surface area contributed by atoms with Crippen LogP contribution in [-0.2, 0) is 11.2 Å². The molecule has 1 aromatic heterocycles. The fraction of sp³-hybridized carbons (Fsp3) is 0.611. The fourth-order valence-corrected chi connectivity index (χ4v) is 3.53. The van der Waals surface area contributed by atoms with Crippen molar-refractivity contribution < 1.29 is 9.53 Å². The summed E-state index contributed by atoms with van der Waals surface area (Å²) in [6.45, 7) is 4.76. The lowest BCUT2D eigenvalue weighted by molar-refractivity contribution is 0.172. The average molecular weight is 321 g/mol. The van der Waals surface area contributed by atoms with E-state index in [2.05, 4.69) is 36.5 Å². The largest absolute Gasteiger partial charge is 0.447 e. The monoisotopic (exact) mass is 321 g/mol. The molecule has 1 atom stereocenters. The summed E-state index contributed by atoms with van der Waals surface area (Å²) in [6.07, 6.45) is 12.6. The molecule has 1 aromatic rings. The van der Waals surface area contributed by atoms with Gasteiger partial charge in [0.25, 0.3) is 0 Å². The molecule has 1 amide bonds. The average Bonchev–Trinajstić information content (AvgIpc) is 3.08. The maximum atomic E-state index is 11.1. The lowest BCUT2D eigenvalue weighted by Gasteiger charge is -2.19. The Labute approximate surface area is 137 Å². The zero-order chi connectivity index (χ0) is 15.8. The molecular formula is C18H27NO2S. The van der Waals surface area contributed by atoms with Gasteiger partial charge < -0.3 is 10.1 Å². The van der Waals surface area contributed by atoms with Gasteiger partial charge in [-0.25, -0.2) is 4.79 Å². The predicted molar refractivity (Wildman–Crippen MR) is 93.3 cm³/mol. The number of nitrogens with one attached hydrogen (secondary N) is 1. The first-order valence-corrected chi connectivity index (χ1v) is 9.13. The third kappa shape index (κ3) is 5.48. The number of alkyl carbamates (subject to hydrolysis) is 1. The number of hydrogen-bond acceptors (Lipinski definition) is 3. The number of carbonyl (C=O) groups excluding carboxylic acids is 1. The maximum Gasteiger partial charge on any atom is 0.407 e. The van der Waals surface area contributed by atoms with Gasteiger partial charge in [-0.05, 0) is 50.8 Å². The van der Waals surface area contributed by atoms with E-state index in [0.717, 1.165) is 12.8 Å². The normalized spacial score (nSPS) is 21.3. The second-order valence-electron chi connectivity index (χ2n) is 6.32. The van der Waals surface area contributed by atoms with E-state index in [9.17, 15) is 4.79 Å². The van der Waals surface area contributed by atoms with E-state index < -0.39 is 0 Å². The number of cyclic esters (lactones) is 1. The standard InChI is InChI=1S/C18H27NO2S/c1-3-4-5-6-7-8-9-15-10-11-16(22-15)12-13-18(2)14-21-17(20)19-18/h8-11H,3-7,12-14H2,1-2H3,(H,19,20). The summed E-state index contributed by atoms with van der Waals surface area (Å²) in [5, 5.41) is 2.90. The molecule has 0 bridgehead atoms. The van der Waals surface area contributed by atoms with Crippen LogP contribution in [0.25, 0.3) is 6.08 Å². The molecule has 0 aromatic carbocycles. The third-order valence-electron chi connectivity index (χ3n) is 4.04. The number of ether oxygens (including phenoxy) is 1. The third-order valence-corrected chi connectivity index (χ3v) is 5.15. The number of hydrogen-bond donors (Lipinski definition) is 1. The highest BCUT2D eigenvalue weighted by atomic mass is 32.1. The van der Waals surface area contributed by atoms with Crippen LogP contribution in [0, 0.1) is 0 Å². The first-order chi connectivity index (χ1) is 10.6. The quantitative estimate of drug-likeness (QED) is 0.638. The number of unbranched alkanes of at least 4 members (excludes halogenated alkanes) is 4. The number of aryl methyl sites for hydroxylation is 1. The predicted octanol–water partition coefficient (Wildman–Crippen LogP) is 5.16. The molecule has 22 heavy (non-hydrogen) atoms. The molecular weight excluding hydrogens is 294 g/mol. The first-order valence-electron chi connectivity index (χ1n) is 8.31. The molecule has 0 aliphatic carbocycles. The summed E-state index contributed by atoms with van der Waals surface area (Å²) in [4.78, 5) is 13.8. The first kappa shape index (κ1) is 17.1. The van der Waals surface area contributed by atoms with Crippen molar-refractivity contribution in [3.05, 3.63) is 28.0 Å². The van der Waals surface area contributed by atoms with Crippen molar-refractivity contribution in [2.75, 3.05) is 6.61 Å². The molecule has 0 radical (unpaired) electrons. The molecule has 0 spiro atoms. The highest BCUT2D eigenvalue weighted by Crippen LogP contribution is 2.24. The van der Waals surface area contributed by atoms with Gasteiger partial charge in [0.1, 0.15) is 6.61 Å². The lowest BCUT2D eigenvalue weighted by Crippen LogP contribution is -2.40. The van der Waals surface area contributed by atoms with Crippen molar-refractivity contribution in [2.45, 2.75) is 64.3 Å². The van der Waals surface area contributed by atoms with Gasteiger partial charge in [0.05, 0.1) is 5.54 Å². The van der Waals surface area contributed by atoms with Crippen LogP contribution < -0.4 is 5.32 Å². The van der Waals surface area contributed by atoms with Crippen molar-refractivity contribution in [1.82, 2.24) is 5.32 Å². The molecule has 122 valence electrons. The van der Waals surface area contributed by atoms with Crippen molar-refractivity contribution in [3.8, 4) is 0 Å². The van der Waals surface area contributed by atoms with Crippen LogP contribution in [-0.4, -0.2) is 18.2 Å². The van der Waals surface area contributed by atoms with E-state index in [4.69, 9.17) is 4.74 Å². The van der Waals surface area contributed by atoms with Crippen molar-refractivity contribution >= 4 is 23.5 Å². The van der Waals surface area contributed by atoms with Gasteiger partial charge in [0.2, 0.25) is 0 Å². The zero-order valence-corrected chi connectivity index (χ0v) is 14.5. The minimum absolute atomic E-state index is 0.212.